The van der Waals surface area contributed by atoms with Gasteiger partial charge < -0.3 is 19.5 Å². The molecular formula is C29H30ClNO4. The molecule has 1 saturated carbocycles. The summed E-state index contributed by atoms with van der Waals surface area (Å²) in [5.41, 5.74) is 4.70. The molecule has 0 saturated heterocycles. The van der Waals surface area contributed by atoms with E-state index in [-0.39, 0.29) is 5.41 Å². The predicted octanol–water partition coefficient (Wildman–Crippen LogP) is 6.83. The van der Waals surface area contributed by atoms with Crippen LogP contribution in [0.25, 0.3) is 5.57 Å². The molecule has 182 valence electrons. The fourth-order valence-electron chi connectivity index (χ4n) is 4.24. The van der Waals surface area contributed by atoms with Gasteiger partial charge in [-0.05, 0) is 76.9 Å². The number of ether oxygens (including phenoxy) is 2. The van der Waals surface area contributed by atoms with E-state index < -0.39 is 5.97 Å². The minimum absolute atomic E-state index is 0.111. The van der Waals surface area contributed by atoms with E-state index in [1.807, 2.05) is 66.7 Å². The van der Waals surface area contributed by atoms with Gasteiger partial charge in [0, 0.05) is 19.2 Å². The summed E-state index contributed by atoms with van der Waals surface area (Å²) in [6.45, 7) is 3.35. The second-order valence-electron chi connectivity index (χ2n) is 9.18. The lowest BCUT2D eigenvalue weighted by Crippen LogP contribution is -2.22. The summed E-state index contributed by atoms with van der Waals surface area (Å²) >= 11 is 6.74. The van der Waals surface area contributed by atoms with Gasteiger partial charge in [-0.15, -0.1) is 0 Å². The van der Waals surface area contributed by atoms with Gasteiger partial charge in [-0.25, -0.2) is 4.79 Å². The first-order valence-corrected chi connectivity index (χ1v) is 11.9. The van der Waals surface area contributed by atoms with Crippen LogP contribution in [-0.4, -0.2) is 25.3 Å². The Kier molecular flexibility index (Phi) is 7.37. The Bertz CT molecular complexity index is 1160. The lowest BCUT2D eigenvalue weighted by atomic mass is 9.90. The smallest absolute Gasteiger partial charge is 0.328 e. The molecule has 6 heteroatoms. The first-order chi connectivity index (χ1) is 16.8. The van der Waals surface area contributed by atoms with Crippen molar-refractivity contribution in [1.29, 1.82) is 0 Å². The van der Waals surface area contributed by atoms with Gasteiger partial charge in [0.15, 0.2) is 0 Å². The molecule has 0 spiro atoms. The maximum Gasteiger partial charge on any atom is 0.328 e. The summed E-state index contributed by atoms with van der Waals surface area (Å²) in [6.07, 6.45) is 3.30. The Morgan fingerprint density at radius 3 is 1.89 bits per heavy atom. The quantitative estimate of drug-likeness (QED) is 0.315. The summed E-state index contributed by atoms with van der Waals surface area (Å²) in [7, 11) is 3.30. The van der Waals surface area contributed by atoms with Crippen molar-refractivity contribution in [3.63, 3.8) is 0 Å². The van der Waals surface area contributed by atoms with Crippen LogP contribution in [0.2, 0.25) is 5.02 Å². The third-order valence-corrected chi connectivity index (χ3v) is 6.90. The van der Waals surface area contributed by atoms with Gasteiger partial charge in [-0.2, -0.15) is 0 Å². The summed E-state index contributed by atoms with van der Waals surface area (Å²) < 4.78 is 10.6. The molecule has 0 atom stereocenters. The molecule has 0 heterocycles. The number of carboxylic acids is 1. The minimum Gasteiger partial charge on any atom is -0.497 e. The first kappa shape index (κ1) is 24.7. The van der Waals surface area contributed by atoms with Crippen LogP contribution in [0.3, 0.4) is 0 Å². The molecule has 1 fully saturated rings. The topological polar surface area (TPSA) is 59.0 Å². The highest BCUT2D eigenvalue weighted by Gasteiger charge is 2.42. The van der Waals surface area contributed by atoms with Crippen LogP contribution >= 0.6 is 11.6 Å². The van der Waals surface area contributed by atoms with Gasteiger partial charge in [-0.3, -0.25) is 0 Å². The van der Waals surface area contributed by atoms with Crippen molar-refractivity contribution in [2.45, 2.75) is 32.9 Å². The zero-order chi connectivity index (χ0) is 25.0. The SMILES string of the molecule is COc1ccc(CN(Cc2ccc(OC)cc2)c2cc(/C(=C\C(=O)O)C3(C)CC3)ccc2Cl)cc1. The Morgan fingerprint density at radius 1 is 0.943 bits per heavy atom. The van der Waals surface area contributed by atoms with E-state index in [1.54, 1.807) is 14.2 Å². The summed E-state index contributed by atoms with van der Waals surface area (Å²) in [5, 5.41) is 10.1. The van der Waals surface area contributed by atoms with E-state index in [4.69, 9.17) is 21.1 Å². The minimum atomic E-state index is -0.932. The number of benzene rings is 3. The lowest BCUT2D eigenvalue weighted by molar-refractivity contribution is -0.131. The summed E-state index contributed by atoms with van der Waals surface area (Å²) in [5.74, 6) is 0.672. The van der Waals surface area contributed by atoms with Crippen molar-refractivity contribution < 1.29 is 19.4 Å². The Balaban J connectivity index is 1.73. The monoisotopic (exact) mass is 491 g/mol. The molecule has 1 N–H and O–H groups in total. The second-order valence-corrected chi connectivity index (χ2v) is 9.58. The third kappa shape index (κ3) is 5.98. The standard InChI is InChI=1S/C29H30ClNO4/c1-29(14-15-29)25(17-28(32)33)22-8-13-26(30)27(16-22)31(18-20-4-9-23(34-2)10-5-20)19-21-6-11-24(35-3)12-7-21/h4-13,16-17H,14-15,18-19H2,1-3H3,(H,32,33)/b25-17+. The number of halogens is 1. The number of carboxylic acid groups (broad SMARTS) is 1. The number of methoxy groups -OCH3 is 2. The van der Waals surface area contributed by atoms with E-state index in [0.29, 0.717) is 18.1 Å². The van der Waals surface area contributed by atoms with Gasteiger partial charge in [0.05, 0.1) is 24.9 Å². The molecule has 5 nitrogen and oxygen atoms in total. The molecule has 1 aliphatic carbocycles. The number of anilines is 1. The molecular weight excluding hydrogens is 462 g/mol. The van der Waals surface area contributed by atoms with Gasteiger partial charge in [0.2, 0.25) is 0 Å². The molecule has 0 unspecified atom stereocenters. The van der Waals surface area contributed by atoms with Crippen LogP contribution in [0.5, 0.6) is 11.5 Å². The average Bonchev–Trinajstić information content (AvgIpc) is 3.61. The molecule has 0 aliphatic heterocycles. The number of aliphatic carboxylic acids is 1. The van der Waals surface area contributed by atoms with Crippen LogP contribution in [0.4, 0.5) is 5.69 Å². The van der Waals surface area contributed by atoms with Gasteiger partial charge >= 0.3 is 5.97 Å². The first-order valence-electron chi connectivity index (χ1n) is 11.6. The second kappa shape index (κ2) is 10.4. The van der Waals surface area contributed by atoms with Crippen molar-refractivity contribution in [2.75, 3.05) is 19.1 Å². The van der Waals surface area contributed by atoms with Gasteiger partial charge in [-0.1, -0.05) is 48.9 Å². The van der Waals surface area contributed by atoms with Crippen LogP contribution in [-0.2, 0) is 17.9 Å². The zero-order valence-corrected chi connectivity index (χ0v) is 21.0. The fourth-order valence-corrected chi connectivity index (χ4v) is 4.47. The van der Waals surface area contributed by atoms with E-state index >= 15 is 0 Å². The van der Waals surface area contributed by atoms with Crippen LogP contribution < -0.4 is 14.4 Å². The highest BCUT2D eigenvalue weighted by atomic mass is 35.5. The largest absolute Gasteiger partial charge is 0.497 e. The molecule has 0 radical (unpaired) electrons. The number of nitrogens with zero attached hydrogens (tertiary/aromatic N) is 1. The molecule has 3 aromatic rings. The molecule has 0 bridgehead atoms. The molecule has 0 aromatic heterocycles. The number of hydrogen-bond acceptors (Lipinski definition) is 4. The zero-order valence-electron chi connectivity index (χ0n) is 20.3. The lowest BCUT2D eigenvalue weighted by Gasteiger charge is -2.28. The van der Waals surface area contributed by atoms with E-state index in [0.717, 1.165) is 52.3 Å². The highest BCUT2D eigenvalue weighted by molar-refractivity contribution is 6.33. The third-order valence-electron chi connectivity index (χ3n) is 6.58. The van der Waals surface area contributed by atoms with Crippen molar-refractivity contribution in [2.24, 2.45) is 5.41 Å². The molecule has 1 aliphatic rings. The van der Waals surface area contributed by atoms with Crippen molar-refractivity contribution in [3.05, 3.63) is 94.5 Å². The van der Waals surface area contributed by atoms with Crippen molar-refractivity contribution in [3.8, 4) is 11.5 Å². The number of allylic oxidation sites excluding steroid dienone is 1. The normalized spacial score (nSPS) is 14.3. The van der Waals surface area contributed by atoms with Crippen LogP contribution in [0.1, 0.15) is 36.5 Å². The highest BCUT2D eigenvalue weighted by Crippen LogP contribution is 2.55. The number of carbonyl (C=O) groups is 1. The maximum absolute atomic E-state index is 11.6. The van der Waals surface area contributed by atoms with E-state index in [9.17, 15) is 9.90 Å². The molecule has 35 heavy (non-hydrogen) atoms. The Hall–Kier alpha value is -3.44. The molecule has 4 rings (SSSR count). The Labute approximate surface area is 211 Å². The summed E-state index contributed by atoms with van der Waals surface area (Å²) in [6, 6.07) is 21.7. The van der Waals surface area contributed by atoms with Crippen LogP contribution in [0, 0.1) is 5.41 Å². The predicted molar refractivity (Wildman–Crippen MR) is 140 cm³/mol. The van der Waals surface area contributed by atoms with Gasteiger partial charge in [0.25, 0.3) is 0 Å². The van der Waals surface area contributed by atoms with Crippen molar-refractivity contribution >= 4 is 28.8 Å². The number of rotatable bonds is 10. The van der Waals surface area contributed by atoms with E-state index in [1.165, 1.54) is 6.08 Å². The Morgan fingerprint density at radius 2 is 1.46 bits per heavy atom. The maximum atomic E-state index is 11.6. The van der Waals surface area contributed by atoms with E-state index in [2.05, 4.69) is 11.8 Å². The van der Waals surface area contributed by atoms with Gasteiger partial charge in [0.1, 0.15) is 11.5 Å². The number of hydrogen-bond donors (Lipinski definition) is 1. The average molecular weight is 492 g/mol. The molecule has 3 aromatic carbocycles. The van der Waals surface area contributed by atoms with Crippen molar-refractivity contribution in [1.82, 2.24) is 0 Å². The molecule has 0 amide bonds. The summed E-state index contributed by atoms with van der Waals surface area (Å²) in [4.78, 5) is 13.8. The van der Waals surface area contributed by atoms with Crippen LogP contribution in [0.15, 0.2) is 72.8 Å². The fraction of sp³-hybridized carbons (Fsp3) is 0.276.